The van der Waals surface area contributed by atoms with E-state index in [1.165, 1.54) is 58.3 Å². The lowest BCUT2D eigenvalue weighted by Crippen LogP contribution is -2.44. The Kier molecular flexibility index (Phi) is 9.60. The van der Waals surface area contributed by atoms with Crippen molar-refractivity contribution in [1.29, 1.82) is 0 Å². The van der Waals surface area contributed by atoms with E-state index in [9.17, 15) is 14.7 Å². The molecule has 22 heavy (non-hydrogen) atoms. The van der Waals surface area contributed by atoms with E-state index >= 15 is 0 Å². The average Bonchev–Trinajstić information content (AvgIpc) is 2.90. The second-order valence-electron chi connectivity index (χ2n) is 6.19. The van der Waals surface area contributed by atoms with Crippen molar-refractivity contribution in [2.75, 3.05) is 5.75 Å². The van der Waals surface area contributed by atoms with E-state index in [-0.39, 0.29) is 11.3 Å². The third-order valence-corrected chi connectivity index (χ3v) is 5.65. The van der Waals surface area contributed by atoms with Crippen LogP contribution in [0.2, 0.25) is 0 Å². The summed E-state index contributed by atoms with van der Waals surface area (Å²) in [5.41, 5.74) is 0. The third kappa shape index (κ3) is 6.59. The van der Waals surface area contributed by atoms with Crippen molar-refractivity contribution in [2.45, 2.75) is 89.5 Å². The van der Waals surface area contributed by atoms with Crippen LogP contribution in [0.4, 0.5) is 0 Å². The molecule has 0 aliphatic carbocycles. The molecule has 0 aromatic carbocycles. The number of hydrogen-bond acceptors (Lipinski definition) is 3. The Hall–Kier alpha value is -0.710. The Morgan fingerprint density at radius 1 is 1.05 bits per heavy atom. The molecule has 128 valence electrons. The van der Waals surface area contributed by atoms with Gasteiger partial charge >= 0.3 is 5.97 Å². The smallest absolute Gasteiger partial charge is 0.327 e. The molecule has 1 aliphatic heterocycles. The highest BCUT2D eigenvalue weighted by molar-refractivity contribution is 8.00. The summed E-state index contributed by atoms with van der Waals surface area (Å²) < 4.78 is 0. The number of carbonyl (C=O) groups excluding carboxylic acids is 1. The van der Waals surface area contributed by atoms with Crippen LogP contribution >= 0.6 is 11.8 Å². The van der Waals surface area contributed by atoms with Crippen LogP contribution in [0.1, 0.15) is 78.1 Å². The van der Waals surface area contributed by atoms with Gasteiger partial charge in [-0.3, -0.25) is 4.79 Å². The lowest BCUT2D eigenvalue weighted by Gasteiger charge is -2.26. The van der Waals surface area contributed by atoms with E-state index in [4.69, 9.17) is 0 Å². The largest absolute Gasteiger partial charge is 0.480 e. The number of thioether (sulfide) groups is 1. The summed E-state index contributed by atoms with van der Waals surface area (Å²) in [6, 6.07) is -0.633. The van der Waals surface area contributed by atoms with Gasteiger partial charge in [0.2, 0.25) is 5.91 Å². The van der Waals surface area contributed by atoms with Crippen LogP contribution in [0, 0.1) is 0 Å². The Labute approximate surface area is 139 Å². The Morgan fingerprint density at radius 3 is 2.09 bits per heavy atom. The molecule has 1 saturated heterocycles. The van der Waals surface area contributed by atoms with Crippen LogP contribution in [-0.4, -0.2) is 39.1 Å². The Bertz CT molecular complexity index is 349. The van der Waals surface area contributed by atoms with E-state index in [2.05, 4.69) is 6.92 Å². The molecule has 0 bridgehead atoms. The van der Waals surface area contributed by atoms with Crippen LogP contribution in [0.15, 0.2) is 0 Å². The summed E-state index contributed by atoms with van der Waals surface area (Å²) in [4.78, 5) is 24.4. The first-order valence-electron chi connectivity index (χ1n) is 8.71. The summed E-state index contributed by atoms with van der Waals surface area (Å²) in [5.74, 6) is -0.465. The van der Waals surface area contributed by atoms with Gasteiger partial charge in [0.05, 0.1) is 5.37 Å². The average molecular weight is 330 g/mol. The highest BCUT2D eigenvalue weighted by atomic mass is 32.2. The van der Waals surface area contributed by atoms with E-state index in [1.807, 2.05) is 0 Å². The standard InChI is InChI=1S/C17H31NO3S/c1-3-4-5-6-7-8-9-10-11-12-16-18(14(2)19)15(13-22-16)17(20)21/h15-16H,3-13H2,1-2H3,(H,20,21). The molecule has 4 nitrogen and oxygen atoms in total. The molecule has 1 fully saturated rings. The lowest BCUT2D eigenvalue weighted by atomic mass is 10.1. The second kappa shape index (κ2) is 10.9. The highest BCUT2D eigenvalue weighted by Gasteiger charge is 2.39. The van der Waals surface area contributed by atoms with Crippen molar-refractivity contribution in [3.63, 3.8) is 0 Å². The fourth-order valence-electron chi connectivity index (χ4n) is 3.03. The number of carboxylic acids is 1. The van der Waals surface area contributed by atoms with Crippen LogP contribution in [-0.2, 0) is 9.59 Å². The number of rotatable bonds is 11. The van der Waals surface area contributed by atoms with Gasteiger partial charge in [-0.2, -0.15) is 0 Å². The molecule has 1 heterocycles. The van der Waals surface area contributed by atoms with Gasteiger partial charge in [0.1, 0.15) is 6.04 Å². The molecule has 1 rings (SSSR count). The SMILES string of the molecule is CCCCCCCCCCCC1SCC(C(=O)O)N1C(C)=O. The molecule has 5 heteroatoms. The quantitative estimate of drug-likeness (QED) is 0.575. The van der Waals surface area contributed by atoms with Crippen LogP contribution < -0.4 is 0 Å². The first-order valence-corrected chi connectivity index (χ1v) is 9.76. The minimum atomic E-state index is -0.878. The van der Waals surface area contributed by atoms with E-state index in [0.29, 0.717) is 5.75 Å². The maximum atomic E-state index is 11.7. The van der Waals surface area contributed by atoms with Crippen LogP contribution in [0.3, 0.4) is 0 Å². The number of nitrogens with zero attached hydrogens (tertiary/aromatic N) is 1. The van der Waals surface area contributed by atoms with Crippen molar-refractivity contribution in [2.24, 2.45) is 0 Å². The summed E-state index contributed by atoms with van der Waals surface area (Å²) >= 11 is 1.62. The molecule has 0 saturated carbocycles. The van der Waals surface area contributed by atoms with Gasteiger partial charge in [-0.15, -0.1) is 11.8 Å². The lowest BCUT2D eigenvalue weighted by molar-refractivity contribution is -0.148. The van der Waals surface area contributed by atoms with Gasteiger partial charge in [-0.25, -0.2) is 4.79 Å². The Balaban J connectivity index is 2.14. The van der Waals surface area contributed by atoms with Crippen molar-refractivity contribution in [3.05, 3.63) is 0 Å². The van der Waals surface area contributed by atoms with Gasteiger partial charge in [-0.05, 0) is 6.42 Å². The molecule has 2 atom stereocenters. The molecule has 2 unspecified atom stereocenters. The first-order chi connectivity index (χ1) is 10.6. The van der Waals surface area contributed by atoms with Crippen molar-refractivity contribution in [3.8, 4) is 0 Å². The zero-order valence-corrected chi connectivity index (χ0v) is 14.9. The monoisotopic (exact) mass is 329 g/mol. The minimum absolute atomic E-state index is 0.0585. The van der Waals surface area contributed by atoms with Gasteiger partial charge in [0, 0.05) is 12.7 Å². The van der Waals surface area contributed by atoms with E-state index < -0.39 is 12.0 Å². The summed E-state index contributed by atoms with van der Waals surface area (Å²) in [7, 11) is 0. The zero-order valence-electron chi connectivity index (χ0n) is 14.1. The maximum absolute atomic E-state index is 11.7. The van der Waals surface area contributed by atoms with Gasteiger partial charge in [-0.1, -0.05) is 64.7 Å². The molecule has 1 N–H and O–H groups in total. The second-order valence-corrected chi connectivity index (χ2v) is 7.40. The molecular weight excluding hydrogens is 298 g/mol. The fourth-order valence-corrected chi connectivity index (χ4v) is 4.52. The molecule has 0 aromatic rings. The summed E-state index contributed by atoms with van der Waals surface area (Å²) in [5, 5.41) is 9.23. The van der Waals surface area contributed by atoms with Crippen LogP contribution in [0.25, 0.3) is 0 Å². The first kappa shape index (κ1) is 19.3. The van der Waals surface area contributed by atoms with Gasteiger partial charge in [0.15, 0.2) is 0 Å². The molecule has 1 aliphatic rings. The van der Waals surface area contributed by atoms with Gasteiger partial charge in [0.25, 0.3) is 0 Å². The molecule has 0 radical (unpaired) electrons. The third-order valence-electron chi connectivity index (χ3n) is 4.30. The predicted octanol–water partition coefficient (Wildman–Crippen LogP) is 4.28. The fraction of sp³-hybridized carbons (Fsp3) is 0.882. The number of carboxylic acid groups (broad SMARTS) is 1. The van der Waals surface area contributed by atoms with Crippen molar-refractivity contribution < 1.29 is 14.7 Å². The minimum Gasteiger partial charge on any atom is -0.480 e. The topological polar surface area (TPSA) is 57.6 Å². The van der Waals surface area contributed by atoms with Crippen molar-refractivity contribution in [1.82, 2.24) is 4.90 Å². The highest BCUT2D eigenvalue weighted by Crippen LogP contribution is 2.32. The molecular formula is C17H31NO3S. The molecule has 0 aromatic heterocycles. The van der Waals surface area contributed by atoms with Gasteiger partial charge < -0.3 is 10.0 Å². The normalized spacial score (nSPS) is 21.3. The summed E-state index contributed by atoms with van der Waals surface area (Å²) in [6.45, 7) is 3.71. The number of amides is 1. The summed E-state index contributed by atoms with van der Waals surface area (Å²) in [6.07, 6.45) is 12.4. The molecule has 0 spiro atoms. The number of aliphatic carboxylic acids is 1. The predicted molar refractivity (Wildman–Crippen MR) is 92.0 cm³/mol. The number of hydrogen-bond donors (Lipinski definition) is 1. The van der Waals surface area contributed by atoms with Crippen molar-refractivity contribution >= 4 is 23.6 Å². The zero-order chi connectivity index (χ0) is 16.4. The Morgan fingerprint density at radius 2 is 1.59 bits per heavy atom. The van der Waals surface area contributed by atoms with E-state index in [1.54, 1.807) is 16.7 Å². The van der Waals surface area contributed by atoms with E-state index in [0.717, 1.165) is 12.8 Å². The molecule has 1 amide bonds. The number of unbranched alkanes of at least 4 members (excludes halogenated alkanes) is 8. The maximum Gasteiger partial charge on any atom is 0.327 e. The van der Waals surface area contributed by atoms with Crippen LogP contribution in [0.5, 0.6) is 0 Å². The number of carbonyl (C=O) groups is 2.